The summed E-state index contributed by atoms with van der Waals surface area (Å²) in [6.07, 6.45) is 11.6. The van der Waals surface area contributed by atoms with Gasteiger partial charge in [-0.05, 0) is 43.9 Å². The SMILES string of the molecule is CC(C)CCCCCCCCOC(=O)C1CCC(C(=O)OCC(C)C)CC1. The average molecular weight is 383 g/mol. The van der Waals surface area contributed by atoms with Crippen molar-refractivity contribution in [3.63, 3.8) is 0 Å². The van der Waals surface area contributed by atoms with Crippen molar-refractivity contribution in [1.82, 2.24) is 0 Å². The van der Waals surface area contributed by atoms with Crippen molar-refractivity contribution in [3.8, 4) is 0 Å². The molecule has 0 bridgehead atoms. The van der Waals surface area contributed by atoms with Gasteiger partial charge in [0, 0.05) is 0 Å². The van der Waals surface area contributed by atoms with Crippen LogP contribution in [-0.4, -0.2) is 25.2 Å². The lowest BCUT2D eigenvalue weighted by Crippen LogP contribution is -2.29. The normalized spacial score (nSPS) is 20.1. The molecular weight excluding hydrogens is 340 g/mol. The van der Waals surface area contributed by atoms with E-state index >= 15 is 0 Å². The van der Waals surface area contributed by atoms with Crippen molar-refractivity contribution in [2.24, 2.45) is 23.7 Å². The second-order valence-corrected chi connectivity index (χ2v) is 9.04. The largest absolute Gasteiger partial charge is 0.465 e. The van der Waals surface area contributed by atoms with Crippen LogP contribution in [0.2, 0.25) is 0 Å². The maximum absolute atomic E-state index is 12.2. The molecule has 0 heterocycles. The van der Waals surface area contributed by atoms with Crippen LogP contribution in [0.5, 0.6) is 0 Å². The third-order valence-electron chi connectivity index (χ3n) is 5.37. The Labute approximate surface area is 166 Å². The molecule has 0 aromatic carbocycles. The summed E-state index contributed by atoms with van der Waals surface area (Å²) in [6, 6.07) is 0. The molecule has 0 aromatic rings. The zero-order valence-corrected chi connectivity index (χ0v) is 18.1. The summed E-state index contributed by atoms with van der Waals surface area (Å²) in [7, 11) is 0. The van der Waals surface area contributed by atoms with Crippen LogP contribution in [0.15, 0.2) is 0 Å². The smallest absolute Gasteiger partial charge is 0.308 e. The lowest BCUT2D eigenvalue weighted by Gasteiger charge is -2.26. The highest BCUT2D eigenvalue weighted by molar-refractivity contribution is 5.75. The third kappa shape index (κ3) is 11.4. The summed E-state index contributed by atoms with van der Waals surface area (Å²) >= 11 is 0. The topological polar surface area (TPSA) is 52.6 Å². The zero-order valence-electron chi connectivity index (χ0n) is 18.1. The highest BCUT2D eigenvalue weighted by atomic mass is 16.5. The molecule has 0 saturated heterocycles. The van der Waals surface area contributed by atoms with Crippen molar-refractivity contribution < 1.29 is 19.1 Å². The van der Waals surface area contributed by atoms with Gasteiger partial charge < -0.3 is 9.47 Å². The number of rotatable bonds is 13. The van der Waals surface area contributed by atoms with Gasteiger partial charge in [-0.2, -0.15) is 0 Å². The number of carbonyl (C=O) groups is 2. The molecule has 4 heteroatoms. The van der Waals surface area contributed by atoms with Crippen LogP contribution < -0.4 is 0 Å². The molecule has 1 aliphatic rings. The van der Waals surface area contributed by atoms with Crippen LogP contribution in [0.1, 0.15) is 98.3 Å². The Hall–Kier alpha value is -1.06. The molecule has 4 nitrogen and oxygen atoms in total. The fourth-order valence-electron chi connectivity index (χ4n) is 3.58. The molecule has 0 spiro atoms. The zero-order chi connectivity index (χ0) is 20.1. The number of ether oxygens (including phenoxy) is 2. The molecule has 27 heavy (non-hydrogen) atoms. The quantitative estimate of drug-likeness (QED) is 0.293. The van der Waals surface area contributed by atoms with E-state index in [0.717, 1.165) is 44.4 Å². The second kappa shape index (κ2) is 14.0. The van der Waals surface area contributed by atoms with Gasteiger partial charge in [0.2, 0.25) is 0 Å². The lowest BCUT2D eigenvalue weighted by molar-refractivity contribution is -0.155. The Bertz CT molecular complexity index is 409. The average Bonchev–Trinajstić information content (AvgIpc) is 2.64. The van der Waals surface area contributed by atoms with Gasteiger partial charge in [-0.3, -0.25) is 9.59 Å². The Kier molecular flexibility index (Phi) is 12.4. The van der Waals surface area contributed by atoms with E-state index in [-0.39, 0.29) is 23.8 Å². The monoisotopic (exact) mass is 382 g/mol. The van der Waals surface area contributed by atoms with Gasteiger partial charge in [0.15, 0.2) is 0 Å². The highest BCUT2D eigenvalue weighted by Crippen LogP contribution is 2.30. The van der Waals surface area contributed by atoms with Crippen molar-refractivity contribution in [1.29, 1.82) is 0 Å². The van der Waals surface area contributed by atoms with Gasteiger partial charge in [-0.15, -0.1) is 0 Å². The first-order valence-electron chi connectivity index (χ1n) is 11.2. The molecule has 0 radical (unpaired) electrons. The summed E-state index contributed by atoms with van der Waals surface area (Å²) in [5.74, 6) is 0.939. The van der Waals surface area contributed by atoms with E-state index in [2.05, 4.69) is 13.8 Å². The first-order valence-corrected chi connectivity index (χ1v) is 11.2. The van der Waals surface area contributed by atoms with Gasteiger partial charge in [-0.1, -0.05) is 66.2 Å². The molecule has 0 amide bonds. The molecule has 158 valence electrons. The fraction of sp³-hybridized carbons (Fsp3) is 0.913. The minimum Gasteiger partial charge on any atom is -0.465 e. The number of esters is 2. The summed E-state index contributed by atoms with van der Waals surface area (Å²) in [6.45, 7) is 9.65. The maximum Gasteiger partial charge on any atom is 0.308 e. The first-order chi connectivity index (χ1) is 12.9. The van der Waals surface area contributed by atoms with Crippen LogP contribution in [0.4, 0.5) is 0 Å². The molecule has 0 atom stereocenters. The predicted octanol–water partition coefficient (Wildman–Crippen LogP) is 5.92. The Morgan fingerprint density at radius 1 is 0.704 bits per heavy atom. The summed E-state index contributed by atoms with van der Waals surface area (Å²) < 4.78 is 10.8. The standard InChI is InChI=1S/C23H42O4/c1-18(2)11-9-7-5-6-8-10-16-26-22(24)20-12-14-21(15-13-20)23(25)27-17-19(3)4/h18-21H,5-17H2,1-4H3. The molecule has 0 N–H and O–H groups in total. The number of carbonyl (C=O) groups excluding carboxylic acids is 2. The van der Waals surface area contributed by atoms with E-state index in [1.807, 2.05) is 13.8 Å². The Balaban J connectivity index is 2.03. The molecule has 0 unspecified atom stereocenters. The molecule has 1 rings (SSSR count). The van der Waals surface area contributed by atoms with Crippen LogP contribution in [0, 0.1) is 23.7 Å². The van der Waals surface area contributed by atoms with Gasteiger partial charge in [0.05, 0.1) is 25.0 Å². The minimum absolute atomic E-state index is 0.0322. The molecule has 1 fully saturated rings. The van der Waals surface area contributed by atoms with Gasteiger partial charge in [0.25, 0.3) is 0 Å². The summed E-state index contributed by atoms with van der Waals surface area (Å²) in [5, 5.41) is 0. The van der Waals surface area contributed by atoms with Crippen molar-refractivity contribution in [2.75, 3.05) is 13.2 Å². The van der Waals surface area contributed by atoms with E-state index in [0.29, 0.717) is 19.1 Å². The third-order valence-corrected chi connectivity index (χ3v) is 5.37. The van der Waals surface area contributed by atoms with Gasteiger partial charge in [0.1, 0.15) is 0 Å². The first kappa shape index (κ1) is 24.0. The van der Waals surface area contributed by atoms with E-state index < -0.39 is 0 Å². The van der Waals surface area contributed by atoms with Crippen LogP contribution in [0.25, 0.3) is 0 Å². The number of hydrogen-bond donors (Lipinski definition) is 0. The highest BCUT2D eigenvalue weighted by Gasteiger charge is 2.31. The van der Waals surface area contributed by atoms with Crippen LogP contribution in [-0.2, 0) is 19.1 Å². The summed E-state index contributed by atoms with van der Waals surface area (Å²) in [4.78, 5) is 24.2. The molecular formula is C23H42O4. The number of hydrogen-bond acceptors (Lipinski definition) is 4. The summed E-state index contributed by atoms with van der Waals surface area (Å²) in [5.41, 5.74) is 0. The molecule has 1 aliphatic carbocycles. The van der Waals surface area contributed by atoms with Crippen molar-refractivity contribution in [2.45, 2.75) is 98.3 Å². The lowest BCUT2D eigenvalue weighted by atomic mass is 9.82. The number of unbranched alkanes of at least 4 members (excludes halogenated alkanes) is 5. The Morgan fingerprint density at radius 2 is 1.19 bits per heavy atom. The van der Waals surface area contributed by atoms with E-state index in [1.165, 1.54) is 32.1 Å². The van der Waals surface area contributed by atoms with E-state index in [9.17, 15) is 9.59 Å². The van der Waals surface area contributed by atoms with Crippen molar-refractivity contribution >= 4 is 11.9 Å². The van der Waals surface area contributed by atoms with Gasteiger partial charge in [-0.25, -0.2) is 0 Å². The van der Waals surface area contributed by atoms with E-state index in [1.54, 1.807) is 0 Å². The Morgan fingerprint density at radius 3 is 1.70 bits per heavy atom. The second-order valence-electron chi connectivity index (χ2n) is 9.04. The maximum atomic E-state index is 12.2. The minimum atomic E-state index is -0.0936. The van der Waals surface area contributed by atoms with Crippen LogP contribution >= 0.6 is 0 Å². The predicted molar refractivity (Wildman–Crippen MR) is 109 cm³/mol. The van der Waals surface area contributed by atoms with Crippen molar-refractivity contribution in [3.05, 3.63) is 0 Å². The molecule has 0 aliphatic heterocycles. The van der Waals surface area contributed by atoms with Crippen LogP contribution in [0.3, 0.4) is 0 Å². The van der Waals surface area contributed by atoms with Gasteiger partial charge >= 0.3 is 11.9 Å². The van der Waals surface area contributed by atoms with E-state index in [4.69, 9.17) is 9.47 Å². The molecule has 0 aromatic heterocycles. The fourth-order valence-corrected chi connectivity index (χ4v) is 3.58. The molecule has 1 saturated carbocycles.